The molecule has 33 heavy (non-hydrogen) atoms. The molecule has 0 aliphatic carbocycles. The molecule has 0 saturated carbocycles. The lowest BCUT2D eigenvalue weighted by Crippen LogP contribution is -2.35. The summed E-state index contributed by atoms with van der Waals surface area (Å²) in [6.07, 6.45) is 0.876. The van der Waals surface area contributed by atoms with E-state index >= 15 is 0 Å². The van der Waals surface area contributed by atoms with Crippen LogP contribution in [0.5, 0.6) is 17.2 Å². The largest absolute Gasteiger partial charge is 0.497 e. The van der Waals surface area contributed by atoms with Crippen molar-refractivity contribution in [2.24, 2.45) is 0 Å². The molecule has 2 aromatic carbocycles. The summed E-state index contributed by atoms with van der Waals surface area (Å²) in [7, 11) is 3.17. The Bertz CT molecular complexity index is 946. The SMILES string of the molecule is COc1ccc(N2CCCN(C(=O)c3ccc(OCC(=O)NC(C)C)c(OC)c3)CC2)cc1. The van der Waals surface area contributed by atoms with Gasteiger partial charge in [0.1, 0.15) is 5.75 Å². The highest BCUT2D eigenvalue weighted by Crippen LogP contribution is 2.29. The molecule has 2 aromatic rings. The van der Waals surface area contributed by atoms with E-state index in [0.717, 1.165) is 30.9 Å². The monoisotopic (exact) mass is 455 g/mol. The van der Waals surface area contributed by atoms with E-state index in [4.69, 9.17) is 14.2 Å². The number of carbonyl (C=O) groups excluding carboxylic acids is 2. The van der Waals surface area contributed by atoms with Gasteiger partial charge in [-0.2, -0.15) is 0 Å². The lowest BCUT2D eigenvalue weighted by Gasteiger charge is -2.24. The second-order valence-electron chi connectivity index (χ2n) is 8.21. The van der Waals surface area contributed by atoms with Crippen molar-refractivity contribution in [2.75, 3.05) is 51.9 Å². The van der Waals surface area contributed by atoms with Gasteiger partial charge in [0.15, 0.2) is 18.1 Å². The first kappa shape index (κ1) is 24.2. The summed E-state index contributed by atoms with van der Waals surface area (Å²) in [6.45, 7) is 6.60. The van der Waals surface area contributed by atoms with E-state index in [1.165, 1.54) is 7.11 Å². The van der Waals surface area contributed by atoms with E-state index in [-0.39, 0.29) is 24.5 Å². The van der Waals surface area contributed by atoms with Crippen LogP contribution < -0.4 is 24.4 Å². The lowest BCUT2D eigenvalue weighted by molar-refractivity contribution is -0.123. The Labute approximate surface area is 195 Å². The number of nitrogens with one attached hydrogen (secondary N) is 1. The number of carbonyl (C=O) groups is 2. The first-order valence-corrected chi connectivity index (χ1v) is 11.2. The second-order valence-corrected chi connectivity index (χ2v) is 8.21. The van der Waals surface area contributed by atoms with Gasteiger partial charge >= 0.3 is 0 Å². The van der Waals surface area contributed by atoms with Crippen LogP contribution >= 0.6 is 0 Å². The second kappa shape index (κ2) is 11.4. The average molecular weight is 456 g/mol. The fourth-order valence-corrected chi connectivity index (χ4v) is 3.78. The van der Waals surface area contributed by atoms with Crippen LogP contribution in [0.2, 0.25) is 0 Å². The number of ether oxygens (including phenoxy) is 3. The number of hydrogen-bond acceptors (Lipinski definition) is 6. The van der Waals surface area contributed by atoms with Gasteiger partial charge in [-0.3, -0.25) is 9.59 Å². The fourth-order valence-electron chi connectivity index (χ4n) is 3.78. The number of amides is 2. The Morgan fingerprint density at radius 3 is 2.36 bits per heavy atom. The topological polar surface area (TPSA) is 80.3 Å². The van der Waals surface area contributed by atoms with Crippen LogP contribution in [0.15, 0.2) is 42.5 Å². The summed E-state index contributed by atoms with van der Waals surface area (Å²) < 4.78 is 16.2. The van der Waals surface area contributed by atoms with Gasteiger partial charge in [-0.05, 0) is 62.7 Å². The van der Waals surface area contributed by atoms with Crippen molar-refractivity contribution >= 4 is 17.5 Å². The van der Waals surface area contributed by atoms with Crippen molar-refractivity contribution in [1.29, 1.82) is 0 Å². The summed E-state index contributed by atoms with van der Waals surface area (Å²) in [5, 5.41) is 2.77. The number of hydrogen-bond donors (Lipinski definition) is 1. The van der Waals surface area contributed by atoms with Crippen molar-refractivity contribution in [1.82, 2.24) is 10.2 Å². The van der Waals surface area contributed by atoms with Crippen LogP contribution in [-0.4, -0.2) is 69.8 Å². The van der Waals surface area contributed by atoms with Gasteiger partial charge in [-0.15, -0.1) is 0 Å². The third kappa shape index (κ3) is 6.54. The maximum Gasteiger partial charge on any atom is 0.258 e. The van der Waals surface area contributed by atoms with Crippen molar-refractivity contribution in [2.45, 2.75) is 26.3 Å². The minimum atomic E-state index is -0.210. The van der Waals surface area contributed by atoms with Crippen LogP contribution in [-0.2, 0) is 4.79 Å². The molecule has 1 saturated heterocycles. The number of anilines is 1. The molecule has 1 fully saturated rings. The minimum absolute atomic E-state index is 0.0391. The summed E-state index contributed by atoms with van der Waals surface area (Å²) in [6, 6.07) is 13.1. The van der Waals surface area contributed by atoms with E-state index in [1.807, 2.05) is 43.0 Å². The fraction of sp³-hybridized carbons (Fsp3) is 0.440. The maximum atomic E-state index is 13.2. The van der Waals surface area contributed by atoms with Crippen LogP contribution in [0.25, 0.3) is 0 Å². The van der Waals surface area contributed by atoms with Crippen LogP contribution in [0, 0.1) is 0 Å². The number of benzene rings is 2. The first-order chi connectivity index (χ1) is 15.9. The predicted molar refractivity (Wildman–Crippen MR) is 127 cm³/mol. The van der Waals surface area contributed by atoms with Crippen molar-refractivity contribution in [3.05, 3.63) is 48.0 Å². The molecule has 3 rings (SSSR count). The summed E-state index contributed by atoms with van der Waals surface area (Å²) in [4.78, 5) is 29.2. The summed E-state index contributed by atoms with van der Waals surface area (Å²) >= 11 is 0. The van der Waals surface area contributed by atoms with Gasteiger partial charge in [-0.1, -0.05) is 0 Å². The highest BCUT2D eigenvalue weighted by Gasteiger charge is 2.22. The molecule has 2 amide bonds. The Hall–Kier alpha value is -3.42. The third-order valence-electron chi connectivity index (χ3n) is 5.44. The molecule has 0 atom stereocenters. The van der Waals surface area contributed by atoms with Gasteiger partial charge in [0.25, 0.3) is 11.8 Å². The molecular weight excluding hydrogens is 422 g/mol. The van der Waals surface area contributed by atoms with E-state index in [1.54, 1.807) is 25.3 Å². The average Bonchev–Trinajstić information content (AvgIpc) is 3.08. The van der Waals surface area contributed by atoms with Crippen molar-refractivity contribution in [3.63, 3.8) is 0 Å². The molecule has 0 unspecified atom stereocenters. The smallest absolute Gasteiger partial charge is 0.258 e. The Morgan fingerprint density at radius 2 is 1.70 bits per heavy atom. The Kier molecular flexibility index (Phi) is 8.40. The molecule has 1 N–H and O–H groups in total. The summed E-state index contributed by atoms with van der Waals surface area (Å²) in [5.74, 6) is 1.42. The van der Waals surface area contributed by atoms with Crippen LogP contribution in [0.3, 0.4) is 0 Å². The van der Waals surface area contributed by atoms with Crippen LogP contribution in [0.4, 0.5) is 5.69 Å². The molecule has 0 bridgehead atoms. The van der Waals surface area contributed by atoms with Gasteiger partial charge in [-0.25, -0.2) is 0 Å². The van der Waals surface area contributed by atoms with Crippen molar-refractivity contribution < 1.29 is 23.8 Å². The highest BCUT2D eigenvalue weighted by atomic mass is 16.5. The lowest BCUT2D eigenvalue weighted by atomic mass is 10.1. The van der Waals surface area contributed by atoms with E-state index in [0.29, 0.717) is 30.2 Å². The molecular formula is C25H33N3O5. The zero-order valence-corrected chi connectivity index (χ0v) is 19.8. The molecule has 1 aliphatic heterocycles. The predicted octanol–water partition coefficient (Wildman–Crippen LogP) is 2.96. The van der Waals surface area contributed by atoms with Gasteiger partial charge in [0.2, 0.25) is 0 Å². The van der Waals surface area contributed by atoms with E-state index in [9.17, 15) is 9.59 Å². The Morgan fingerprint density at radius 1 is 0.939 bits per heavy atom. The molecule has 178 valence electrons. The minimum Gasteiger partial charge on any atom is -0.497 e. The maximum absolute atomic E-state index is 13.2. The molecule has 0 spiro atoms. The van der Waals surface area contributed by atoms with Crippen LogP contribution in [0.1, 0.15) is 30.6 Å². The molecule has 1 aliphatic rings. The molecule has 0 radical (unpaired) electrons. The van der Waals surface area contributed by atoms with Gasteiger partial charge in [0.05, 0.1) is 14.2 Å². The standard InChI is InChI=1S/C25H33N3O5/c1-18(2)26-24(29)17-33-22-11-6-19(16-23(22)32-4)25(30)28-13-5-12-27(14-15-28)20-7-9-21(31-3)10-8-20/h6-11,16,18H,5,12-15,17H2,1-4H3,(H,26,29). The number of rotatable bonds is 8. The summed E-state index contributed by atoms with van der Waals surface area (Å²) in [5.41, 5.74) is 1.65. The molecule has 8 heteroatoms. The number of nitrogens with zero attached hydrogens (tertiary/aromatic N) is 2. The van der Waals surface area contributed by atoms with Crippen molar-refractivity contribution in [3.8, 4) is 17.2 Å². The highest BCUT2D eigenvalue weighted by molar-refractivity contribution is 5.95. The number of methoxy groups -OCH3 is 2. The normalized spacial score (nSPS) is 14.0. The molecule has 8 nitrogen and oxygen atoms in total. The van der Waals surface area contributed by atoms with Gasteiger partial charge in [0, 0.05) is 43.5 Å². The zero-order chi connectivity index (χ0) is 23.8. The van der Waals surface area contributed by atoms with Gasteiger partial charge < -0.3 is 29.3 Å². The van der Waals surface area contributed by atoms with E-state index in [2.05, 4.69) is 10.2 Å². The molecule has 1 heterocycles. The first-order valence-electron chi connectivity index (χ1n) is 11.2. The Balaban J connectivity index is 1.63. The molecule has 0 aromatic heterocycles. The third-order valence-corrected chi connectivity index (χ3v) is 5.44. The zero-order valence-electron chi connectivity index (χ0n) is 19.8. The quantitative estimate of drug-likeness (QED) is 0.659. The van der Waals surface area contributed by atoms with E-state index < -0.39 is 0 Å².